The molecule has 0 heterocycles. The first-order chi connectivity index (χ1) is 5.20. The van der Waals surface area contributed by atoms with Crippen LogP contribution >= 0.6 is 0 Å². The van der Waals surface area contributed by atoms with Crippen molar-refractivity contribution in [2.45, 2.75) is 40.5 Å². The fraction of sp³-hybridized carbons (Fsp3) is 0.700. The van der Waals surface area contributed by atoms with Gasteiger partial charge in [0.25, 0.3) is 0 Å². The molecule has 1 aliphatic carbocycles. The molecule has 0 aromatic carbocycles. The highest BCUT2D eigenvalue weighted by molar-refractivity contribution is 5.92. The Morgan fingerprint density at radius 1 is 1.45 bits per heavy atom. The highest BCUT2D eigenvalue weighted by Gasteiger charge is 2.14. The van der Waals surface area contributed by atoms with Crippen molar-refractivity contribution in [3.05, 3.63) is 11.6 Å². The van der Waals surface area contributed by atoms with Gasteiger partial charge in [0.15, 0.2) is 5.78 Å². The molecule has 0 saturated carbocycles. The summed E-state index contributed by atoms with van der Waals surface area (Å²) in [6.07, 6.45) is 3.92. The van der Waals surface area contributed by atoms with Crippen LogP contribution < -0.4 is 0 Å². The van der Waals surface area contributed by atoms with E-state index in [-0.39, 0.29) is 5.92 Å². The maximum absolute atomic E-state index is 10.9. The molecule has 0 fully saturated rings. The van der Waals surface area contributed by atoms with Crippen LogP contribution in [-0.4, -0.2) is 5.78 Å². The van der Waals surface area contributed by atoms with Crippen molar-refractivity contribution in [3.63, 3.8) is 0 Å². The summed E-state index contributed by atoms with van der Waals surface area (Å²) in [4.78, 5) is 10.9. The molecule has 1 aliphatic rings. The Hall–Kier alpha value is -0.590. The minimum atomic E-state index is 0.272. The first kappa shape index (κ1) is 10.4. The van der Waals surface area contributed by atoms with Crippen molar-refractivity contribution in [2.75, 3.05) is 0 Å². The molecule has 0 aliphatic heterocycles. The predicted molar refractivity (Wildman–Crippen MR) is 48.5 cm³/mol. The highest BCUT2D eigenvalue weighted by atomic mass is 16.1. The van der Waals surface area contributed by atoms with Crippen molar-refractivity contribution >= 4 is 5.78 Å². The Balaban J connectivity index is 0.000000461. The molecule has 0 aromatic rings. The Kier molecular flexibility index (Phi) is 4.84. The summed E-state index contributed by atoms with van der Waals surface area (Å²) in [7, 11) is 0. The molecule has 0 amide bonds. The second-order valence-electron chi connectivity index (χ2n) is 2.83. The van der Waals surface area contributed by atoms with Crippen LogP contribution in [0.25, 0.3) is 0 Å². The molecule has 1 rings (SSSR count). The minimum absolute atomic E-state index is 0.272. The third kappa shape index (κ3) is 3.35. The summed E-state index contributed by atoms with van der Waals surface area (Å²) >= 11 is 0. The molecule has 64 valence electrons. The molecule has 0 saturated heterocycles. The van der Waals surface area contributed by atoms with Crippen LogP contribution in [0.1, 0.15) is 40.5 Å². The quantitative estimate of drug-likeness (QED) is 0.524. The van der Waals surface area contributed by atoms with E-state index in [0.717, 1.165) is 12.8 Å². The van der Waals surface area contributed by atoms with E-state index in [0.29, 0.717) is 5.78 Å². The van der Waals surface area contributed by atoms with Gasteiger partial charge in [0.05, 0.1) is 0 Å². The number of hydrogen-bond donors (Lipinski definition) is 0. The lowest BCUT2D eigenvalue weighted by Crippen LogP contribution is -2.12. The third-order valence-corrected chi connectivity index (χ3v) is 1.85. The molecule has 1 unspecified atom stereocenters. The Morgan fingerprint density at radius 2 is 2.00 bits per heavy atom. The van der Waals surface area contributed by atoms with Gasteiger partial charge < -0.3 is 0 Å². The smallest absolute Gasteiger partial charge is 0.158 e. The van der Waals surface area contributed by atoms with Gasteiger partial charge in [-0.2, -0.15) is 0 Å². The fourth-order valence-corrected chi connectivity index (χ4v) is 1.04. The van der Waals surface area contributed by atoms with Gasteiger partial charge in [0.2, 0.25) is 0 Å². The summed E-state index contributed by atoms with van der Waals surface area (Å²) in [6, 6.07) is 0. The lowest BCUT2D eigenvalue weighted by molar-refractivity contribution is -0.118. The molecule has 1 atom stereocenters. The lowest BCUT2D eigenvalue weighted by Gasteiger charge is -2.13. The second-order valence-corrected chi connectivity index (χ2v) is 2.83. The number of ketones is 1. The van der Waals surface area contributed by atoms with E-state index < -0.39 is 0 Å². The summed E-state index contributed by atoms with van der Waals surface area (Å²) in [5.74, 6) is 0.576. The fourth-order valence-electron chi connectivity index (χ4n) is 1.04. The Labute approximate surface area is 69.5 Å². The van der Waals surface area contributed by atoms with Crippen molar-refractivity contribution in [1.82, 2.24) is 0 Å². The molecule has 1 nitrogen and oxygen atoms in total. The number of carbonyl (C=O) groups is 1. The first-order valence-corrected chi connectivity index (χ1v) is 4.41. The highest BCUT2D eigenvalue weighted by Crippen LogP contribution is 2.18. The van der Waals surface area contributed by atoms with Crippen molar-refractivity contribution < 1.29 is 4.79 Å². The van der Waals surface area contributed by atoms with Crippen LogP contribution in [0.5, 0.6) is 0 Å². The van der Waals surface area contributed by atoms with Gasteiger partial charge in [-0.25, -0.2) is 0 Å². The zero-order chi connectivity index (χ0) is 8.85. The molecular weight excluding hydrogens is 136 g/mol. The largest absolute Gasteiger partial charge is 0.295 e. The van der Waals surface area contributed by atoms with Crippen molar-refractivity contribution in [3.8, 4) is 0 Å². The third-order valence-electron chi connectivity index (χ3n) is 1.85. The normalized spacial score (nSPS) is 23.5. The minimum Gasteiger partial charge on any atom is -0.295 e. The average molecular weight is 154 g/mol. The molecule has 11 heavy (non-hydrogen) atoms. The number of carbonyl (C=O) groups excluding carboxylic acids is 1. The maximum atomic E-state index is 10.9. The molecule has 0 N–H and O–H groups in total. The van der Waals surface area contributed by atoms with Gasteiger partial charge in [-0.1, -0.05) is 26.3 Å². The molecule has 0 aromatic heterocycles. The van der Waals surface area contributed by atoms with Crippen molar-refractivity contribution in [1.29, 1.82) is 0 Å². The predicted octanol–water partition coefficient (Wildman–Crippen LogP) is 2.96. The van der Waals surface area contributed by atoms with E-state index in [9.17, 15) is 4.79 Å². The van der Waals surface area contributed by atoms with Crippen LogP contribution in [0.3, 0.4) is 0 Å². The first-order valence-electron chi connectivity index (χ1n) is 4.41. The molecule has 1 heteroatoms. The zero-order valence-electron chi connectivity index (χ0n) is 7.98. The van der Waals surface area contributed by atoms with E-state index in [4.69, 9.17) is 0 Å². The van der Waals surface area contributed by atoms with Gasteiger partial charge >= 0.3 is 0 Å². The van der Waals surface area contributed by atoms with Crippen LogP contribution in [-0.2, 0) is 4.79 Å². The second kappa shape index (κ2) is 5.11. The lowest BCUT2D eigenvalue weighted by atomic mass is 9.91. The Morgan fingerprint density at radius 3 is 2.36 bits per heavy atom. The number of allylic oxidation sites excluding steroid dienone is 2. The molecule has 0 bridgehead atoms. The SMILES string of the molecule is CC.CC1=CC(=O)C(C)CC1. The van der Waals surface area contributed by atoms with Gasteiger partial charge in [-0.3, -0.25) is 4.79 Å². The molecule has 0 radical (unpaired) electrons. The summed E-state index contributed by atoms with van der Waals surface area (Å²) < 4.78 is 0. The zero-order valence-corrected chi connectivity index (χ0v) is 7.98. The maximum Gasteiger partial charge on any atom is 0.158 e. The van der Waals surface area contributed by atoms with Crippen LogP contribution in [0.4, 0.5) is 0 Å². The topological polar surface area (TPSA) is 17.1 Å². The van der Waals surface area contributed by atoms with E-state index in [2.05, 4.69) is 0 Å². The van der Waals surface area contributed by atoms with E-state index in [1.54, 1.807) is 6.08 Å². The van der Waals surface area contributed by atoms with E-state index in [1.165, 1.54) is 5.57 Å². The van der Waals surface area contributed by atoms with Gasteiger partial charge in [0.1, 0.15) is 0 Å². The summed E-state index contributed by atoms with van der Waals surface area (Å²) in [6.45, 7) is 8.01. The van der Waals surface area contributed by atoms with Crippen LogP contribution in [0.15, 0.2) is 11.6 Å². The average Bonchev–Trinajstić information content (AvgIpc) is 2.02. The monoisotopic (exact) mass is 154 g/mol. The van der Waals surface area contributed by atoms with Gasteiger partial charge in [0, 0.05) is 5.92 Å². The van der Waals surface area contributed by atoms with Gasteiger partial charge in [-0.15, -0.1) is 0 Å². The van der Waals surface area contributed by atoms with Crippen molar-refractivity contribution in [2.24, 2.45) is 5.92 Å². The summed E-state index contributed by atoms with van der Waals surface area (Å²) in [5, 5.41) is 0. The van der Waals surface area contributed by atoms with E-state index in [1.807, 2.05) is 27.7 Å². The van der Waals surface area contributed by atoms with Crippen LogP contribution in [0.2, 0.25) is 0 Å². The van der Waals surface area contributed by atoms with E-state index >= 15 is 0 Å². The molecule has 0 spiro atoms. The number of hydrogen-bond acceptors (Lipinski definition) is 1. The number of rotatable bonds is 0. The Bertz CT molecular complexity index is 156. The standard InChI is InChI=1S/C8H12O.C2H6/c1-6-3-4-7(2)8(9)5-6;1-2/h5,7H,3-4H2,1-2H3;1-2H3. The molecular formula is C10H18O. The summed E-state index contributed by atoms with van der Waals surface area (Å²) in [5.41, 5.74) is 1.23. The van der Waals surface area contributed by atoms with Crippen LogP contribution in [0, 0.1) is 5.92 Å². The van der Waals surface area contributed by atoms with Gasteiger partial charge in [-0.05, 0) is 25.8 Å².